The number of amides is 8. The van der Waals surface area contributed by atoms with E-state index in [4.69, 9.17) is 21.7 Å². The predicted octanol–water partition coefficient (Wildman–Crippen LogP) is 0.504. The van der Waals surface area contributed by atoms with Crippen LogP contribution in [0.1, 0.15) is 86.5 Å². The maximum Gasteiger partial charge on any atom is 0.294 e. The van der Waals surface area contributed by atoms with Gasteiger partial charge in [0.25, 0.3) is 45.9 Å². The van der Waals surface area contributed by atoms with E-state index in [1.54, 1.807) is 82.3 Å². The van der Waals surface area contributed by atoms with Gasteiger partial charge in [-0.1, -0.05) is 84.6 Å². The average molecular weight is 1440 g/mol. The molecule has 0 saturated carbocycles. The summed E-state index contributed by atoms with van der Waals surface area (Å²) in [4.78, 5) is 176. The quantitative estimate of drug-likeness (QED) is 0.0821. The first-order valence-corrected chi connectivity index (χ1v) is 35.2. The summed E-state index contributed by atoms with van der Waals surface area (Å²) in [6, 6.07) is 24.1. The van der Waals surface area contributed by atoms with Gasteiger partial charge in [-0.05, 0) is 76.9 Å². The number of pyridine rings is 4. The fourth-order valence-electron chi connectivity index (χ4n) is 12.1. The number of aromatic nitrogens is 4. The molecular weight excluding hydrogens is 1350 g/mol. The monoisotopic (exact) mass is 1440 g/mol. The number of thioether (sulfide) groups is 1. The second-order valence-electron chi connectivity index (χ2n) is 25.1. The summed E-state index contributed by atoms with van der Waals surface area (Å²) < 4.78 is 17.7. The lowest BCUT2D eigenvalue weighted by molar-refractivity contribution is -0.122. The van der Waals surface area contributed by atoms with Gasteiger partial charge in [0.15, 0.2) is 11.5 Å². The highest BCUT2D eigenvalue weighted by Crippen LogP contribution is 2.23. The number of benzene rings is 2. The first-order chi connectivity index (χ1) is 48.9. The molecule has 15 heterocycles. The molecule has 1 fully saturated rings. The molecule has 0 atom stereocenters. The van der Waals surface area contributed by atoms with Crippen LogP contribution in [0, 0.1) is 41.5 Å². The van der Waals surface area contributed by atoms with Gasteiger partial charge in [0.1, 0.15) is 43.7 Å². The van der Waals surface area contributed by atoms with Gasteiger partial charge in [-0.15, -0.1) is 0 Å². The zero-order valence-electron chi connectivity index (χ0n) is 58.2. The number of rotatable bonds is 12. The van der Waals surface area contributed by atoms with Crippen LogP contribution < -0.4 is 68.9 Å². The molecule has 6 aromatic rings. The summed E-state index contributed by atoms with van der Waals surface area (Å²) in [5, 5.41) is 20.3. The van der Waals surface area contributed by atoms with Crippen molar-refractivity contribution in [3.8, 4) is 11.5 Å². The molecule has 4 aromatic heterocycles. The predicted molar refractivity (Wildman–Crippen MR) is 387 cm³/mol. The highest BCUT2D eigenvalue weighted by atomic mass is 32.2. The summed E-state index contributed by atoms with van der Waals surface area (Å²) >= 11 is 6.75. The van der Waals surface area contributed by atoms with Gasteiger partial charge in [-0.25, -0.2) is 0 Å². The third-order valence-electron chi connectivity index (χ3n) is 17.9. The van der Waals surface area contributed by atoms with E-state index in [1.165, 1.54) is 67.0 Å². The van der Waals surface area contributed by atoms with Gasteiger partial charge in [0, 0.05) is 156 Å². The van der Waals surface area contributed by atoms with Gasteiger partial charge in [0.05, 0.1) is 16.7 Å². The number of nitrogens with zero attached hydrogens (tertiary/aromatic N) is 8. The molecule has 542 valence electrons. The lowest BCUT2D eigenvalue weighted by Gasteiger charge is -2.28. The topological polar surface area (TPSA) is 340 Å². The maximum absolute atomic E-state index is 14.6. The minimum atomic E-state index is -0.736. The van der Waals surface area contributed by atoms with Crippen molar-refractivity contribution in [2.45, 2.75) is 80.9 Å². The normalized spacial score (nSPS) is 17.7. The molecule has 0 spiro atoms. The fourth-order valence-corrected chi connectivity index (χ4v) is 13.3. The fraction of sp³-hybridized carbons (Fsp3) is 0.423. The van der Waals surface area contributed by atoms with Crippen LogP contribution in [0.25, 0.3) is 0 Å². The number of ether oxygens (including phenoxy) is 2. The molecule has 0 radical (unpaired) electrons. The molecule has 1 saturated heterocycles. The van der Waals surface area contributed by atoms with Crippen molar-refractivity contribution in [1.29, 1.82) is 0 Å². The maximum atomic E-state index is 14.6. The molecule has 0 aliphatic carbocycles. The number of carbonyl (C=O) groups is 8. The van der Waals surface area contributed by atoms with Crippen molar-refractivity contribution < 1.29 is 47.8 Å². The van der Waals surface area contributed by atoms with Crippen molar-refractivity contribution in [1.82, 2.24) is 75.1 Å². The second-order valence-corrected chi connectivity index (χ2v) is 26.8. The molecule has 8 amide bonds. The summed E-state index contributed by atoms with van der Waals surface area (Å²) in [6.07, 6.45) is 0. The molecule has 8 bridgehead atoms. The molecule has 7 N–H and O–H groups in total. The average Bonchev–Trinajstić information content (AvgIpc) is 0.981. The van der Waals surface area contributed by atoms with Crippen molar-refractivity contribution in [3.63, 3.8) is 0 Å². The Morgan fingerprint density at radius 2 is 0.912 bits per heavy atom. The van der Waals surface area contributed by atoms with Crippen molar-refractivity contribution in [2.75, 3.05) is 117 Å². The highest BCUT2D eigenvalue weighted by Gasteiger charge is 2.30. The van der Waals surface area contributed by atoms with Crippen LogP contribution in [0.4, 0.5) is 0 Å². The van der Waals surface area contributed by atoms with E-state index >= 15 is 0 Å². The van der Waals surface area contributed by atoms with Crippen molar-refractivity contribution >= 4 is 75.6 Å². The van der Waals surface area contributed by atoms with Crippen LogP contribution in [0.3, 0.4) is 0 Å². The molecule has 11 aliphatic heterocycles. The third-order valence-corrected chi connectivity index (χ3v) is 19.4. The van der Waals surface area contributed by atoms with E-state index in [0.29, 0.717) is 39.1 Å². The lowest BCUT2D eigenvalue weighted by atomic mass is 10.1. The minimum Gasteiger partial charge on any atom is -0.482 e. The minimum absolute atomic E-state index is 0.00535. The molecule has 31 heteroatoms. The Morgan fingerprint density at radius 1 is 0.480 bits per heavy atom. The zero-order valence-corrected chi connectivity index (χ0v) is 59.8. The third kappa shape index (κ3) is 19.9. The molecule has 0 unspecified atom stereocenters. The Hall–Kier alpha value is -10.1. The van der Waals surface area contributed by atoms with E-state index < -0.39 is 76.7 Å². The van der Waals surface area contributed by atoms with E-state index in [2.05, 4.69) is 37.2 Å². The van der Waals surface area contributed by atoms with E-state index in [-0.39, 0.29) is 193 Å². The lowest BCUT2D eigenvalue weighted by Crippen LogP contribution is -2.47. The van der Waals surface area contributed by atoms with Gasteiger partial charge in [-0.2, -0.15) is 0 Å². The van der Waals surface area contributed by atoms with Crippen molar-refractivity contribution in [2.24, 2.45) is 0 Å². The number of hydrogen-bond acceptors (Lipinski definition) is 19. The Balaban J connectivity index is 1.04. The number of aryl methyl sites for hydroxylation is 4. The first kappa shape index (κ1) is 76.1. The first-order valence-electron chi connectivity index (χ1n) is 33.8. The Morgan fingerprint density at radius 3 is 1.38 bits per heavy atom. The molecule has 17 rings (SSSR count). The van der Waals surface area contributed by atoms with Gasteiger partial charge >= 0.3 is 0 Å². The number of hydrogen-bond donors (Lipinski definition) is 7. The summed E-state index contributed by atoms with van der Waals surface area (Å²) in [7, 11) is 0. The smallest absolute Gasteiger partial charge is 0.294 e. The number of carbonyl (C=O) groups excluding carboxylic acids is 8. The van der Waals surface area contributed by atoms with E-state index in [1.807, 2.05) is 26.8 Å². The zero-order chi connectivity index (χ0) is 73.1. The van der Waals surface area contributed by atoms with Gasteiger partial charge in [-0.3, -0.25) is 77.1 Å². The summed E-state index contributed by atoms with van der Waals surface area (Å²) in [6.45, 7) is 9.85. The summed E-state index contributed by atoms with van der Waals surface area (Å²) in [5.41, 5.74) is 0.490. The largest absolute Gasteiger partial charge is 0.482 e. The van der Waals surface area contributed by atoms with Crippen LogP contribution >= 0.6 is 24.0 Å². The van der Waals surface area contributed by atoms with Crippen LogP contribution in [0.15, 0.2) is 104 Å². The Kier molecular flexibility index (Phi) is 26.9. The van der Waals surface area contributed by atoms with Crippen LogP contribution in [0.2, 0.25) is 0 Å². The number of thiocarbonyl (C=S) groups is 1. The van der Waals surface area contributed by atoms with Gasteiger partial charge < -0.3 is 65.0 Å². The molecule has 29 nitrogen and oxygen atoms in total. The number of nitrogens with one attached hydrogen (secondary N) is 7. The van der Waals surface area contributed by atoms with Gasteiger partial charge in [0.2, 0.25) is 23.6 Å². The second kappa shape index (κ2) is 36.0. The van der Waals surface area contributed by atoms with Crippen LogP contribution in [-0.2, 0) is 58.6 Å². The SMILES string of the molecule is Cc1c2cc(C)n(c1=O)CC(=O)NCCN(CCNC(=O)Cn1c(C)cc(C(=O)N3CCSC3=S)c(C)c1=O)CCN1CCNC(=O)Cn3c(C)cc(c(OCc4ccccc4)c3=O)C(=O)NCCN(CCNC2=O)CCNC(=O)c2cc(C)n(c(=O)c2OCc2ccccc2)CC(=O)NCC1. The molecular formula is C71H87N15O14S2. The Labute approximate surface area is 598 Å². The van der Waals surface area contributed by atoms with E-state index in [0.717, 1.165) is 0 Å². The molecule has 2 aromatic carbocycles. The van der Waals surface area contributed by atoms with E-state index in [9.17, 15) is 57.5 Å². The molecule has 11 aliphatic rings. The Bertz CT molecular complexity index is 4250. The summed E-state index contributed by atoms with van der Waals surface area (Å²) in [5.74, 6) is -4.33. The van der Waals surface area contributed by atoms with Crippen molar-refractivity contribution in [3.05, 3.63) is 194 Å². The standard InChI is InChI=1S/C71H87N15O14S2/c1-45-35-53-49(5)66(94)83(45)39-57(87)72-17-24-80(25-18-73-58(88)40-84-46(2)36-54(50(6)67(84)95)68(96)82-33-34-102-71(82)101)31-32-81-26-19-74-59(89)41-85-47(3)37-55(61(69(85)97)99-43-51-13-9-7-10-14-51)64(92)77-22-29-79(28-21-76-63(53)91)30-23-78-65(93)56-38-48(4)86(42-60(90)75-20-27-81)70(98)62(56)100-44-52-15-11-8-12-16-52/h7-16,35-38H,17-34,39-44H2,1-6H3,(H,72,87)(H,73,88)(H,74,89)(H,75,90)(H,76,91)(H,77,92)(H,78,93). The van der Waals surface area contributed by atoms with Crippen LogP contribution in [-0.4, -0.2) is 206 Å². The highest BCUT2D eigenvalue weighted by molar-refractivity contribution is 8.23. The van der Waals surface area contributed by atoms with Crippen LogP contribution in [0.5, 0.6) is 11.5 Å². The molecule has 102 heavy (non-hydrogen) atoms.